The highest BCUT2D eigenvalue weighted by Crippen LogP contribution is 2.27. The van der Waals surface area contributed by atoms with E-state index in [0.717, 1.165) is 0 Å². The molecule has 6 N–H and O–H groups in total. The van der Waals surface area contributed by atoms with E-state index < -0.39 is 53.3 Å². The Balaban J connectivity index is 0.00000181. The van der Waals surface area contributed by atoms with Gasteiger partial charge < -0.3 is 36.4 Å². The first-order valence-electron chi connectivity index (χ1n) is 12.6. The molecule has 0 spiro atoms. The van der Waals surface area contributed by atoms with Crippen LogP contribution in [0.15, 0.2) is 0 Å². The largest absolute Gasteiger partial charge is 0.490 e. The molecular formula is C24H42F3N5O7. The van der Waals surface area contributed by atoms with E-state index in [0.29, 0.717) is 25.9 Å². The van der Waals surface area contributed by atoms with Gasteiger partial charge in [-0.3, -0.25) is 14.4 Å². The van der Waals surface area contributed by atoms with Gasteiger partial charge in [-0.2, -0.15) is 13.2 Å². The molecule has 4 amide bonds. The van der Waals surface area contributed by atoms with Crippen LogP contribution in [-0.4, -0.2) is 83.4 Å². The summed E-state index contributed by atoms with van der Waals surface area (Å²) in [6.07, 6.45) is -4.70. The second kappa shape index (κ2) is 14.9. The molecule has 0 aromatic rings. The minimum absolute atomic E-state index is 0.0527. The molecule has 226 valence electrons. The van der Waals surface area contributed by atoms with Gasteiger partial charge in [0.2, 0.25) is 17.7 Å². The number of carboxylic acid groups (broad SMARTS) is 1. The highest BCUT2D eigenvalue weighted by atomic mass is 19.4. The third kappa shape index (κ3) is 13.0. The molecule has 0 aliphatic carbocycles. The second-order valence-electron chi connectivity index (χ2n) is 10.7. The van der Waals surface area contributed by atoms with Crippen LogP contribution in [0, 0.1) is 5.92 Å². The van der Waals surface area contributed by atoms with E-state index in [4.69, 9.17) is 14.6 Å². The number of rotatable bonds is 7. The van der Waals surface area contributed by atoms with Gasteiger partial charge in [-0.15, -0.1) is 0 Å². The second-order valence-corrected chi connectivity index (χ2v) is 10.7. The molecule has 15 heteroatoms. The van der Waals surface area contributed by atoms with Gasteiger partial charge in [0.1, 0.15) is 23.2 Å². The van der Waals surface area contributed by atoms with Crippen molar-refractivity contribution in [2.45, 2.75) is 104 Å². The van der Waals surface area contributed by atoms with Gasteiger partial charge in [-0.25, -0.2) is 9.59 Å². The molecule has 1 heterocycles. The Morgan fingerprint density at radius 3 is 1.90 bits per heavy atom. The van der Waals surface area contributed by atoms with Crippen molar-refractivity contribution >= 4 is 29.8 Å². The van der Waals surface area contributed by atoms with Crippen LogP contribution in [0.5, 0.6) is 0 Å². The molecule has 1 aliphatic rings. The maximum Gasteiger partial charge on any atom is 0.490 e. The van der Waals surface area contributed by atoms with Gasteiger partial charge in [0.15, 0.2) is 0 Å². The molecule has 4 atom stereocenters. The minimum Gasteiger partial charge on any atom is -0.475 e. The van der Waals surface area contributed by atoms with Crippen LogP contribution in [0.25, 0.3) is 0 Å². The van der Waals surface area contributed by atoms with Crippen molar-refractivity contribution in [3.05, 3.63) is 0 Å². The Morgan fingerprint density at radius 2 is 1.44 bits per heavy atom. The van der Waals surface area contributed by atoms with Gasteiger partial charge >= 0.3 is 18.2 Å². The fourth-order valence-electron chi connectivity index (χ4n) is 3.50. The number of carbonyl (C=O) groups excluding carboxylic acids is 4. The molecule has 0 radical (unpaired) electrons. The first-order valence-corrected chi connectivity index (χ1v) is 12.6. The van der Waals surface area contributed by atoms with Crippen molar-refractivity contribution in [1.29, 1.82) is 0 Å². The van der Waals surface area contributed by atoms with Gasteiger partial charge in [0, 0.05) is 18.5 Å². The number of ether oxygens (including phenoxy) is 1. The van der Waals surface area contributed by atoms with Crippen LogP contribution in [0.1, 0.15) is 68.2 Å². The lowest BCUT2D eigenvalue weighted by molar-refractivity contribution is -0.192. The summed E-state index contributed by atoms with van der Waals surface area (Å²) in [5.74, 6) is -4.26. The van der Waals surface area contributed by atoms with Crippen molar-refractivity contribution in [3.8, 4) is 0 Å². The average Bonchev–Trinajstić information content (AvgIpc) is 2.93. The molecule has 1 rings (SSSR count). The lowest BCUT2D eigenvalue weighted by Crippen LogP contribution is -2.65. The third-order valence-corrected chi connectivity index (χ3v) is 5.51. The number of halogens is 3. The third-order valence-electron chi connectivity index (χ3n) is 5.51. The Morgan fingerprint density at radius 1 is 0.949 bits per heavy atom. The predicted molar refractivity (Wildman–Crippen MR) is 136 cm³/mol. The Kier molecular flexibility index (Phi) is 13.7. The standard InChI is InChI=1S/C22H41N5O5.C2HF3O2/c1-13(2)24-17(28)15(4)25-18(29)16(5)26-19(30)22(10-9-11-23-12-14(22)3)27-20(31)32-21(6,7)8;3-2(4,5)1(6)7/h13-16,23H,9-12H2,1-8H3,(H,24,28)(H,25,29)(H,26,30)(H,27,31);(H,6,7)/t14-,15+,16+,22+;/m1./s1. The fourth-order valence-corrected chi connectivity index (χ4v) is 3.50. The molecule has 1 aliphatic heterocycles. The smallest absolute Gasteiger partial charge is 0.475 e. The topological polar surface area (TPSA) is 175 Å². The molecule has 0 aromatic heterocycles. The maximum absolute atomic E-state index is 13.4. The SMILES string of the molecule is CC(C)NC(=O)[C@H](C)NC(=O)[C@H](C)NC(=O)[C@]1(NC(=O)OC(C)(C)C)CCCNC[C@H]1C.O=C(O)C(F)(F)F. The van der Waals surface area contributed by atoms with Crippen LogP contribution in [0.4, 0.5) is 18.0 Å². The summed E-state index contributed by atoms with van der Waals surface area (Å²) in [6.45, 7) is 15.1. The number of amides is 4. The van der Waals surface area contributed by atoms with Gasteiger partial charge in [-0.1, -0.05) is 6.92 Å². The van der Waals surface area contributed by atoms with Gasteiger partial charge in [-0.05, 0) is 67.9 Å². The number of hydrogen-bond donors (Lipinski definition) is 6. The summed E-state index contributed by atoms with van der Waals surface area (Å²) in [5, 5.41) is 21.2. The van der Waals surface area contributed by atoms with Crippen LogP contribution in [0.3, 0.4) is 0 Å². The zero-order chi connectivity index (χ0) is 30.8. The molecule has 39 heavy (non-hydrogen) atoms. The van der Waals surface area contributed by atoms with E-state index in [1.165, 1.54) is 0 Å². The van der Waals surface area contributed by atoms with Gasteiger partial charge in [0.05, 0.1) is 0 Å². The van der Waals surface area contributed by atoms with E-state index in [9.17, 15) is 32.3 Å². The lowest BCUT2D eigenvalue weighted by atomic mass is 9.80. The maximum atomic E-state index is 13.4. The normalized spacial score (nSPS) is 21.2. The van der Waals surface area contributed by atoms with E-state index in [1.807, 2.05) is 20.8 Å². The number of hydrogen-bond acceptors (Lipinski definition) is 7. The van der Waals surface area contributed by atoms with Crippen molar-refractivity contribution in [2.24, 2.45) is 5.92 Å². The zero-order valence-corrected chi connectivity index (χ0v) is 23.7. The number of carboxylic acids is 1. The van der Waals surface area contributed by atoms with E-state index in [1.54, 1.807) is 34.6 Å². The van der Waals surface area contributed by atoms with E-state index >= 15 is 0 Å². The highest BCUT2D eigenvalue weighted by Gasteiger charge is 2.47. The molecule has 0 aromatic carbocycles. The van der Waals surface area contributed by atoms with Crippen LogP contribution >= 0.6 is 0 Å². The molecule has 0 saturated carbocycles. The molecule has 0 unspecified atom stereocenters. The van der Waals surface area contributed by atoms with E-state index in [-0.39, 0.29) is 17.9 Å². The number of nitrogens with one attached hydrogen (secondary N) is 5. The Bertz CT molecular complexity index is 877. The molecule has 1 fully saturated rings. The van der Waals surface area contributed by atoms with E-state index in [2.05, 4.69) is 26.6 Å². The summed E-state index contributed by atoms with van der Waals surface area (Å²) in [4.78, 5) is 59.5. The summed E-state index contributed by atoms with van der Waals surface area (Å²) in [6, 6.07) is -1.71. The first kappa shape index (κ1) is 35.9. The summed E-state index contributed by atoms with van der Waals surface area (Å²) in [7, 11) is 0. The summed E-state index contributed by atoms with van der Waals surface area (Å²) >= 11 is 0. The number of alkyl carbamates (subject to hydrolysis) is 1. The summed E-state index contributed by atoms with van der Waals surface area (Å²) in [5.41, 5.74) is -1.95. The highest BCUT2D eigenvalue weighted by molar-refractivity contribution is 5.95. The van der Waals surface area contributed by atoms with Crippen molar-refractivity contribution in [3.63, 3.8) is 0 Å². The molecule has 1 saturated heterocycles. The van der Waals surface area contributed by atoms with Crippen molar-refractivity contribution in [1.82, 2.24) is 26.6 Å². The van der Waals surface area contributed by atoms with Crippen LogP contribution < -0.4 is 26.6 Å². The Hall–Kier alpha value is -3.10. The van der Waals surface area contributed by atoms with Crippen LogP contribution in [-0.2, 0) is 23.9 Å². The number of alkyl halides is 3. The molecular weight excluding hydrogens is 527 g/mol. The van der Waals surface area contributed by atoms with Crippen molar-refractivity contribution < 1.29 is 47.0 Å². The summed E-state index contributed by atoms with van der Waals surface area (Å²) < 4.78 is 37.1. The van der Waals surface area contributed by atoms with Crippen molar-refractivity contribution in [2.75, 3.05) is 13.1 Å². The fraction of sp³-hybridized carbons (Fsp3) is 0.792. The molecule has 0 bridgehead atoms. The first-order chi connectivity index (χ1) is 17.6. The monoisotopic (exact) mass is 569 g/mol. The predicted octanol–water partition coefficient (Wildman–Crippen LogP) is 1.44. The quantitative estimate of drug-likeness (QED) is 0.267. The zero-order valence-electron chi connectivity index (χ0n) is 23.7. The van der Waals surface area contributed by atoms with Gasteiger partial charge in [0.25, 0.3) is 0 Å². The minimum atomic E-state index is -5.08. The molecule has 12 nitrogen and oxygen atoms in total. The lowest BCUT2D eigenvalue weighted by Gasteiger charge is -2.38. The number of carbonyl (C=O) groups is 5. The Labute approximate surface area is 226 Å². The van der Waals surface area contributed by atoms with Crippen LogP contribution in [0.2, 0.25) is 0 Å². The number of aliphatic carboxylic acids is 1. The average molecular weight is 570 g/mol.